The Morgan fingerprint density at radius 3 is 2.10 bits per heavy atom. The highest BCUT2D eigenvalue weighted by atomic mass is 35.5. The first-order valence-electron chi connectivity index (χ1n) is 20.8. The largest absolute Gasteiger partial charge is 0.489 e. The first-order valence-corrected chi connectivity index (χ1v) is 21.2. The minimum absolute atomic E-state index is 0.0890. The van der Waals surface area contributed by atoms with Gasteiger partial charge in [0.15, 0.2) is 0 Å². The Balaban J connectivity index is 0.804. The van der Waals surface area contributed by atoms with Crippen LogP contribution in [-0.4, -0.2) is 103 Å². The summed E-state index contributed by atoms with van der Waals surface area (Å²) in [5.41, 5.74) is 3.01. The first kappa shape index (κ1) is 41.3. The summed E-state index contributed by atoms with van der Waals surface area (Å²) >= 11 is 6.26. The molecule has 0 aromatic heterocycles. The maximum Gasteiger partial charge on any atom is 0.262 e. The van der Waals surface area contributed by atoms with Gasteiger partial charge in [0, 0.05) is 92.1 Å². The summed E-state index contributed by atoms with van der Waals surface area (Å²) in [6, 6.07) is 19.3. The van der Waals surface area contributed by atoms with Gasteiger partial charge in [-0.15, -0.1) is 0 Å². The second-order valence-corrected chi connectivity index (χ2v) is 19.0. The van der Waals surface area contributed by atoms with Crippen molar-refractivity contribution in [3.05, 3.63) is 87.9 Å². The van der Waals surface area contributed by atoms with E-state index in [2.05, 4.69) is 66.0 Å². The Morgan fingerprint density at radius 2 is 1.47 bits per heavy atom. The number of hydrogen-bond acceptors (Lipinski definition) is 10. The molecule has 314 valence electrons. The van der Waals surface area contributed by atoms with Crippen molar-refractivity contribution >= 4 is 52.5 Å². The van der Waals surface area contributed by atoms with Crippen LogP contribution in [0.2, 0.25) is 5.02 Å². The molecule has 3 saturated heterocycles. The molecule has 1 aliphatic carbocycles. The number of benzene rings is 3. The summed E-state index contributed by atoms with van der Waals surface area (Å²) in [7, 11) is 0. The minimum atomic E-state index is -0.978. The maximum atomic E-state index is 13.5. The molecule has 4 aliphatic heterocycles. The molecule has 8 rings (SSSR count). The summed E-state index contributed by atoms with van der Waals surface area (Å²) in [5, 5.41) is 15.1. The molecule has 4 fully saturated rings. The molecule has 5 amide bonds. The van der Waals surface area contributed by atoms with Gasteiger partial charge < -0.3 is 19.9 Å². The van der Waals surface area contributed by atoms with Gasteiger partial charge in [-0.3, -0.25) is 39.1 Å². The third-order valence-electron chi connectivity index (χ3n) is 13.7. The average molecular weight is 834 g/mol. The van der Waals surface area contributed by atoms with E-state index in [-0.39, 0.29) is 47.1 Å². The quantitative estimate of drug-likeness (QED) is 0.259. The lowest BCUT2D eigenvalue weighted by Gasteiger charge is -2.63. The van der Waals surface area contributed by atoms with Crippen molar-refractivity contribution in [2.75, 3.05) is 55.6 Å². The van der Waals surface area contributed by atoms with Gasteiger partial charge >= 0.3 is 0 Å². The van der Waals surface area contributed by atoms with Crippen LogP contribution < -0.4 is 25.2 Å². The fraction of sp³-hybridized carbons (Fsp3) is 0.478. The summed E-state index contributed by atoms with van der Waals surface area (Å²) in [5.74, 6) is -1.50. The number of nitrogens with zero attached hydrogens (tertiary/aromatic N) is 5. The Hall–Kier alpha value is -5.45. The zero-order valence-electron chi connectivity index (χ0n) is 34.8. The van der Waals surface area contributed by atoms with Gasteiger partial charge in [-0.25, -0.2) is 0 Å². The van der Waals surface area contributed by atoms with E-state index in [1.807, 2.05) is 30.3 Å². The SMILES string of the molecule is CC1(CN2CCN(c3ccc(C(=O)N[C@H]4C(C)(C)[C@H](Oc5ccc(C#N)c(Cl)c5)C4(C)C)cc3)CC2)CCN(c2ccc3c(c2)C(=O)N(C2CCC(=O)NC2=O)C3=O)CC1. The Bertz CT molecular complexity index is 2270. The molecule has 0 radical (unpaired) electrons. The molecule has 60 heavy (non-hydrogen) atoms. The van der Waals surface area contributed by atoms with Crippen LogP contribution in [0.15, 0.2) is 60.7 Å². The van der Waals surface area contributed by atoms with Crippen LogP contribution in [-0.2, 0) is 9.59 Å². The molecular weight excluding hydrogens is 782 g/mol. The van der Waals surface area contributed by atoms with E-state index in [9.17, 15) is 29.2 Å². The molecule has 1 atom stereocenters. The van der Waals surface area contributed by atoms with E-state index in [0.29, 0.717) is 33.0 Å². The number of rotatable bonds is 9. The van der Waals surface area contributed by atoms with Gasteiger partial charge in [0.2, 0.25) is 11.8 Å². The highest BCUT2D eigenvalue weighted by Crippen LogP contribution is 2.55. The zero-order chi connectivity index (χ0) is 42.7. The number of anilines is 2. The van der Waals surface area contributed by atoms with Crippen LogP contribution in [0, 0.1) is 27.6 Å². The number of hydrogen-bond donors (Lipinski definition) is 2. The number of halogens is 1. The van der Waals surface area contributed by atoms with Gasteiger partial charge in [0.1, 0.15) is 24.0 Å². The molecule has 3 aromatic rings. The lowest BCUT2D eigenvalue weighted by molar-refractivity contribution is -0.164. The van der Waals surface area contributed by atoms with Gasteiger partial charge in [0.05, 0.1) is 21.7 Å². The fourth-order valence-corrected chi connectivity index (χ4v) is 10.7. The van der Waals surface area contributed by atoms with Crippen molar-refractivity contribution in [1.29, 1.82) is 5.26 Å². The Morgan fingerprint density at radius 1 is 0.833 bits per heavy atom. The monoisotopic (exact) mass is 833 g/mol. The van der Waals surface area contributed by atoms with Crippen LogP contribution in [0.4, 0.5) is 11.4 Å². The van der Waals surface area contributed by atoms with Crippen LogP contribution >= 0.6 is 11.6 Å². The number of carbonyl (C=O) groups is 5. The predicted octanol–water partition coefficient (Wildman–Crippen LogP) is 5.65. The van der Waals surface area contributed by atoms with Crippen molar-refractivity contribution in [1.82, 2.24) is 20.4 Å². The van der Waals surface area contributed by atoms with Crippen molar-refractivity contribution in [2.45, 2.75) is 78.5 Å². The predicted molar refractivity (Wildman–Crippen MR) is 227 cm³/mol. The highest BCUT2D eigenvalue weighted by Gasteiger charge is 2.64. The fourth-order valence-electron chi connectivity index (χ4n) is 10.5. The van der Waals surface area contributed by atoms with Crippen LogP contribution in [0.5, 0.6) is 5.75 Å². The molecule has 14 heteroatoms. The molecule has 1 unspecified atom stereocenters. The summed E-state index contributed by atoms with van der Waals surface area (Å²) in [4.78, 5) is 72.4. The van der Waals surface area contributed by atoms with Gasteiger partial charge in [-0.05, 0) is 79.3 Å². The second-order valence-electron chi connectivity index (χ2n) is 18.6. The molecule has 3 aromatic carbocycles. The van der Waals surface area contributed by atoms with E-state index >= 15 is 0 Å². The number of carbonyl (C=O) groups excluding carboxylic acids is 5. The molecule has 5 aliphatic rings. The topological polar surface area (TPSA) is 155 Å². The Labute approximate surface area is 355 Å². The van der Waals surface area contributed by atoms with Crippen molar-refractivity contribution < 1.29 is 28.7 Å². The highest BCUT2D eigenvalue weighted by molar-refractivity contribution is 6.31. The molecule has 4 heterocycles. The molecule has 13 nitrogen and oxygen atoms in total. The van der Waals surface area contributed by atoms with E-state index < -0.39 is 29.7 Å². The number of fused-ring (bicyclic) bond motifs is 1. The van der Waals surface area contributed by atoms with Crippen LogP contribution in [0.1, 0.15) is 96.9 Å². The van der Waals surface area contributed by atoms with Crippen molar-refractivity contribution in [2.24, 2.45) is 16.2 Å². The lowest BCUT2D eigenvalue weighted by Crippen LogP contribution is -2.74. The average Bonchev–Trinajstić information content (AvgIpc) is 3.47. The number of imide groups is 2. The van der Waals surface area contributed by atoms with E-state index in [1.165, 1.54) is 0 Å². The summed E-state index contributed by atoms with van der Waals surface area (Å²) in [6.45, 7) is 17.0. The van der Waals surface area contributed by atoms with Gasteiger partial charge in [-0.2, -0.15) is 5.26 Å². The zero-order valence-corrected chi connectivity index (χ0v) is 35.6. The summed E-state index contributed by atoms with van der Waals surface area (Å²) < 4.78 is 6.39. The number of piperidine rings is 2. The number of piperazine rings is 1. The van der Waals surface area contributed by atoms with Crippen molar-refractivity contribution in [3.63, 3.8) is 0 Å². The number of nitrogens with one attached hydrogen (secondary N) is 2. The molecule has 1 saturated carbocycles. The van der Waals surface area contributed by atoms with Crippen LogP contribution in [0.25, 0.3) is 0 Å². The standard InChI is InChI=1S/C46H52ClN7O6/c1-44(2)42(45(3,4)43(44)60-32-12-8-29(26-48)35(47)25-32)50-38(56)28-6-9-30(10-7-28)53-22-20-51(21-23-53)27-46(5)16-18-52(19-17-46)31-11-13-33-34(24-31)41(59)54(40(33)58)36-14-15-37(55)49-39(36)57/h6-13,24-25,36,42-43H,14-23,27H2,1-5H3,(H,50,56)(H,49,55,57)/t36?,42-,43-. The minimum Gasteiger partial charge on any atom is -0.489 e. The van der Waals surface area contributed by atoms with E-state index in [0.717, 1.165) is 74.9 Å². The Kier molecular flexibility index (Phi) is 10.7. The number of nitriles is 1. The second kappa shape index (κ2) is 15.5. The maximum absolute atomic E-state index is 13.5. The number of amides is 5. The lowest BCUT2D eigenvalue weighted by atomic mass is 9.49. The van der Waals surface area contributed by atoms with Gasteiger partial charge in [-0.1, -0.05) is 46.2 Å². The number of ether oxygens (including phenoxy) is 1. The van der Waals surface area contributed by atoms with Crippen molar-refractivity contribution in [3.8, 4) is 11.8 Å². The molecular formula is C46H52ClN7O6. The normalized spacial score (nSPS) is 24.6. The molecule has 0 bridgehead atoms. The third kappa shape index (κ3) is 7.49. The van der Waals surface area contributed by atoms with Crippen LogP contribution in [0.3, 0.4) is 0 Å². The van der Waals surface area contributed by atoms with E-state index in [1.54, 1.807) is 30.3 Å². The molecule has 0 spiro atoms. The smallest absolute Gasteiger partial charge is 0.262 e. The van der Waals surface area contributed by atoms with Gasteiger partial charge in [0.25, 0.3) is 17.7 Å². The molecule has 2 N–H and O–H groups in total. The summed E-state index contributed by atoms with van der Waals surface area (Å²) in [6.07, 6.45) is 2.01. The van der Waals surface area contributed by atoms with E-state index in [4.69, 9.17) is 16.3 Å². The first-order chi connectivity index (χ1) is 28.5. The third-order valence-corrected chi connectivity index (χ3v) is 14.0.